The van der Waals surface area contributed by atoms with Gasteiger partial charge in [-0.25, -0.2) is 52.3 Å². The van der Waals surface area contributed by atoms with Gasteiger partial charge in [-0.3, -0.25) is 54.9 Å². The van der Waals surface area contributed by atoms with Crippen LogP contribution in [-0.4, -0.2) is 261 Å². The highest BCUT2D eigenvalue weighted by Crippen LogP contribution is 2.33. The number of unbranched alkanes of at least 4 members (excludes halogenated alkanes) is 10. The molecule has 2 fully saturated rings. The third-order valence-electron chi connectivity index (χ3n) is 26.0. The van der Waals surface area contributed by atoms with Crippen molar-refractivity contribution < 1.29 is 65.3 Å². The van der Waals surface area contributed by atoms with Crippen LogP contribution in [0.4, 0.5) is 0 Å². The van der Waals surface area contributed by atoms with Crippen LogP contribution in [0, 0.1) is 0 Å². The lowest BCUT2D eigenvalue weighted by Crippen LogP contribution is -2.38. The molecule has 0 saturated carbocycles. The highest BCUT2D eigenvalue weighted by Gasteiger charge is 2.28. The lowest BCUT2D eigenvalue weighted by molar-refractivity contribution is -0.124. The van der Waals surface area contributed by atoms with Crippen molar-refractivity contribution >= 4 is 115 Å². The number of aryl methyl sites for hydroxylation is 3. The fourth-order valence-electron chi connectivity index (χ4n) is 18.1. The molecule has 0 aliphatic carbocycles. The van der Waals surface area contributed by atoms with Crippen molar-refractivity contribution in [3.8, 4) is 0 Å². The van der Waals surface area contributed by atoms with Crippen LogP contribution in [0.15, 0.2) is 164 Å². The lowest BCUT2D eigenvalue weighted by Gasteiger charge is -2.34. The van der Waals surface area contributed by atoms with Gasteiger partial charge in [-0.05, 0) is 221 Å². The van der Waals surface area contributed by atoms with Crippen molar-refractivity contribution in [2.75, 3.05) is 118 Å². The van der Waals surface area contributed by atoms with Gasteiger partial charge in [0.1, 0.15) is 17.5 Å². The minimum atomic E-state index is -0.559. The zero-order chi connectivity index (χ0) is 102. The molecule has 13 N–H and O–H groups in total. The zero-order valence-corrected chi connectivity index (χ0v) is 84.6. The van der Waals surface area contributed by atoms with Crippen LogP contribution in [0.5, 0.6) is 0 Å². The monoisotopic (exact) mass is 1950 g/mol. The van der Waals surface area contributed by atoms with E-state index in [1.807, 2.05) is 97.6 Å². The van der Waals surface area contributed by atoms with Gasteiger partial charge in [0.2, 0.25) is 0 Å². The molecule has 5 amide bonds. The number of hydrogen-bond donors (Lipinski definition) is 13. The first-order valence-corrected chi connectivity index (χ1v) is 51.3. The number of aliphatic hydroxyl groups is 3. The molecule has 2 aliphatic heterocycles. The van der Waals surface area contributed by atoms with E-state index in [1.165, 1.54) is 100 Å². The molecule has 2 unspecified atom stereocenters. The van der Waals surface area contributed by atoms with E-state index in [9.17, 15) is 29.1 Å². The van der Waals surface area contributed by atoms with Gasteiger partial charge in [-0.15, -0.1) is 0 Å². The van der Waals surface area contributed by atoms with E-state index in [0.717, 1.165) is 302 Å². The molecule has 5 aromatic heterocycles. The van der Waals surface area contributed by atoms with Gasteiger partial charge in [0.25, 0.3) is 29.5 Å². The number of aliphatic hydroxyl groups excluding tert-OH is 3. The average Bonchev–Trinajstić information content (AvgIpc) is 1.68. The molecule has 0 bridgehead atoms. The summed E-state index contributed by atoms with van der Waals surface area (Å²) in [4.78, 5) is 91.7. The first kappa shape index (κ1) is 114. The van der Waals surface area contributed by atoms with E-state index in [0.29, 0.717) is 12.1 Å². The fraction of sp³-hybridized carbons (Fsp3) is 0.486. The van der Waals surface area contributed by atoms with Gasteiger partial charge in [-0.1, -0.05) is 173 Å². The number of β-amino-alcohol motifs (C(OH)–C–C–N with tert-alkyl or cyclic N) is 1. The summed E-state index contributed by atoms with van der Waals surface area (Å²) in [6, 6.07) is 41.3. The van der Waals surface area contributed by atoms with Crippen LogP contribution >= 0.6 is 0 Å². The Hall–Kier alpha value is -11.8. The smallest absolute Gasteiger partial charge is 0.267 e. The Morgan fingerprint density at radius 1 is 0.359 bits per heavy atom. The van der Waals surface area contributed by atoms with Crippen LogP contribution in [0.1, 0.15) is 233 Å². The predicted molar refractivity (Wildman–Crippen MR) is 564 cm³/mol. The van der Waals surface area contributed by atoms with Crippen molar-refractivity contribution in [1.29, 1.82) is 0 Å². The zero-order valence-electron chi connectivity index (χ0n) is 84.6. The number of likely N-dealkylation sites (N-methyl/N-ethyl adjacent to an activating group) is 3. The Bertz CT molecular complexity index is 5780. The number of imidazole rings is 5. The standard InChI is InChI=1S/C23H34N4O3.C22H34N4O3.C22H24N4O2.C21H32N4O3.C21H32N4O2/c1-2-3-4-5-8-22-24-20-16-18(10-12-23(29)25-30)9-11-21(20)27(22)19-7-6-13-26(17-19)14-15-28;1-3-5-6-8-21-23-19-17-18(10-12-22(28)24-29)9-11-20(19)26(21)15-14-25(4-2)13-7-16-27;27-22(24-28)9-7-18-6-8-21-20(14-18)23-16-26(21)19-11-13-25(15-19)12-10-17-4-2-1-3-5-17;1-3-5-7-20-22-18-16-17(9-11-21(27)23-28)8-10-19(18)25(20)14-13-24(4-2)12-6-15-26;1-3-5-6-7-8-13-24(4-2)14-15-25-17-22-19-16-18(9-11-20(19)25)10-12-21(26)23-27/h9-12,16,19,28,30H,2-8,13-15,17H2,1H3,(H,25,29);9-12,17,27,29H,3-8,13-16H2,1-2H3,(H,24,28);1-9,14,16,19,28H,10-13,15H2,(H,24,27);8-11,16,26,28H,3-7,12-15H2,1-2H3,(H,23,27);9-12,16-17,27H,3-8,13-15H2,1-2H3,(H,23,26)/b2*12-10+;9-7+;11-9+;12-10+. The summed E-state index contributed by atoms with van der Waals surface area (Å²) in [5.41, 5.74) is 23.8. The summed E-state index contributed by atoms with van der Waals surface area (Å²) in [6.07, 6.45) is 44.5. The highest BCUT2D eigenvalue weighted by molar-refractivity contribution is 5.95. The van der Waals surface area contributed by atoms with Gasteiger partial charge in [0.05, 0.1) is 74.4 Å². The Kier molecular flexibility index (Phi) is 51.3. The van der Waals surface area contributed by atoms with Crippen LogP contribution in [0.2, 0.25) is 0 Å². The first-order chi connectivity index (χ1) is 69.3. The summed E-state index contributed by atoms with van der Waals surface area (Å²) in [5.74, 6) is 0.553. The van der Waals surface area contributed by atoms with Crippen molar-refractivity contribution in [2.24, 2.45) is 0 Å². The van der Waals surface area contributed by atoms with Gasteiger partial charge >= 0.3 is 0 Å². The number of rotatable bonds is 53. The molecule has 2 aliphatic rings. The number of nitrogens with one attached hydrogen (secondary N) is 5. The first-order valence-electron chi connectivity index (χ1n) is 51.3. The third-order valence-corrected chi connectivity index (χ3v) is 26.0. The number of benzene rings is 6. The molecular formula is C109H156N20O13. The number of hydrogen-bond acceptors (Lipinski definition) is 23. The fourth-order valence-corrected chi connectivity index (χ4v) is 18.1. The Morgan fingerprint density at radius 2 is 0.754 bits per heavy atom. The number of piperidine rings is 1. The molecule has 6 aromatic carbocycles. The molecule has 2 atom stereocenters. The van der Waals surface area contributed by atoms with E-state index in [4.69, 9.17) is 51.2 Å². The van der Waals surface area contributed by atoms with Gasteiger partial charge < -0.3 is 57.8 Å². The molecule has 2 saturated heterocycles. The van der Waals surface area contributed by atoms with E-state index in [2.05, 4.69) is 142 Å². The number of hydroxylamine groups is 5. The maximum Gasteiger partial charge on any atom is 0.267 e. The molecular weight excluding hydrogens is 1800 g/mol. The van der Waals surface area contributed by atoms with Crippen molar-refractivity contribution in [3.05, 3.63) is 215 Å². The van der Waals surface area contributed by atoms with Crippen molar-refractivity contribution in [3.63, 3.8) is 0 Å². The maximum atomic E-state index is 11.3. The lowest BCUT2D eigenvalue weighted by atomic mass is 10.0. The maximum absolute atomic E-state index is 11.3. The molecule has 11 aromatic rings. The van der Waals surface area contributed by atoms with Crippen LogP contribution in [0.25, 0.3) is 85.5 Å². The molecule has 142 heavy (non-hydrogen) atoms. The van der Waals surface area contributed by atoms with Crippen LogP contribution in [0.3, 0.4) is 0 Å². The van der Waals surface area contributed by atoms with Crippen LogP contribution < -0.4 is 27.4 Å². The molecule has 0 spiro atoms. The van der Waals surface area contributed by atoms with E-state index in [1.54, 1.807) is 57.8 Å². The predicted octanol–water partition coefficient (Wildman–Crippen LogP) is 15.8. The molecule has 33 nitrogen and oxygen atoms in total. The van der Waals surface area contributed by atoms with E-state index >= 15 is 0 Å². The Labute approximate surface area is 836 Å². The molecule has 7 heterocycles. The normalized spacial score (nSPS) is 14.2. The van der Waals surface area contributed by atoms with Gasteiger partial charge in [0.15, 0.2) is 0 Å². The largest absolute Gasteiger partial charge is 0.396 e. The minimum Gasteiger partial charge on any atom is -0.396 e. The summed E-state index contributed by atoms with van der Waals surface area (Å²) < 4.78 is 11.5. The number of nitrogens with zero attached hydrogens (tertiary/aromatic N) is 15. The number of fused-ring (bicyclic) bond motifs is 5. The molecule has 33 heteroatoms. The van der Waals surface area contributed by atoms with Crippen molar-refractivity contribution in [1.82, 2.24) is 99.7 Å². The number of likely N-dealkylation sites (tertiary alicyclic amines) is 2. The second kappa shape index (κ2) is 64.0. The summed E-state index contributed by atoms with van der Waals surface area (Å²) in [5, 5.41) is 70.5. The minimum absolute atomic E-state index is 0.193. The van der Waals surface area contributed by atoms with E-state index < -0.39 is 29.5 Å². The molecule has 0 radical (unpaired) electrons. The van der Waals surface area contributed by atoms with E-state index in [-0.39, 0.29) is 19.8 Å². The highest BCUT2D eigenvalue weighted by atomic mass is 16.5. The molecule has 13 rings (SSSR count). The van der Waals surface area contributed by atoms with Crippen molar-refractivity contribution in [2.45, 2.75) is 228 Å². The second-order valence-electron chi connectivity index (χ2n) is 36.2. The topological polar surface area (TPSA) is 413 Å². The number of amides is 5. The molecule has 770 valence electrons. The number of carbonyl (C=O) groups is 5. The van der Waals surface area contributed by atoms with Crippen LogP contribution in [-0.2, 0) is 69.3 Å². The number of carbonyl (C=O) groups excluding carboxylic acids is 5. The third kappa shape index (κ3) is 37.2. The SMILES string of the molecule is CCCCCCCN(CC)CCn1cnc2cc(/C=C/C(=O)NO)ccc21.CCCCCCc1nc2cc(/C=C/C(=O)NO)ccc2n1C1CCCN(CCO)C1.CCCCCc1nc2cc(/C=C/C(=O)NO)ccc2n1CCN(CC)CCCO.CCCCc1nc2cc(/C=C/C(=O)NO)ccc2n1CCN(CC)CCCO.O=C(/C=C/c1ccc2c(c1)ncn2C1CCN(CCc2ccccc2)C1)NO. The van der Waals surface area contributed by atoms with Gasteiger partial charge in [-0.2, -0.15) is 0 Å². The summed E-state index contributed by atoms with van der Waals surface area (Å²) in [7, 11) is 0. The summed E-state index contributed by atoms with van der Waals surface area (Å²) in [6.45, 7) is 33.3. The van der Waals surface area contributed by atoms with Gasteiger partial charge in [0, 0.05) is 160 Å². The summed E-state index contributed by atoms with van der Waals surface area (Å²) >= 11 is 0. The Balaban J connectivity index is 0.000000198. The number of aromatic nitrogens is 10. The average molecular weight is 1950 g/mol. The Morgan fingerprint density at radius 3 is 1.24 bits per heavy atom. The second-order valence-corrected chi connectivity index (χ2v) is 36.2. The quantitative estimate of drug-likeness (QED) is 0.00729.